The molecule has 1 fully saturated rings. The molecule has 1 saturated heterocycles. The van der Waals surface area contributed by atoms with Crippen LogP contribution in [0.5, 0.6) is 0 Å². The Bertz CT molecular complexity index is 727. The average Bonchev–Trinajstić information content (AvgIpc) is 3.32. The van der Waals surface area contributed by atoms with Gasteiger partial charge in [-0.15, -0.1) is 10.2 Å². The van der Waals surface area contributed by atoms with Crippen molar-refractivity contribution in [3.05, 3.63) is 29.2 Å². The van der Waals surface area contributed by atoms with Crippen LogP contribution in [0, 0.1) is 6.92 Å². The summed E-state index contributed by atoms with van der Waals surface area (Å²) >= 11 is 0. The van der Waals surface area contributed by atoms with Crippen molar-refractivity contribution in [1.82, 2.24) is 30.2 Å². The van der Waals surface area contributed by atoms with Crippen molar-refractivity contribution in [2.75, 3.05) is 19.6 Å². The normalized spacial score (nSPS) is 20.6. The van der Waals surface area contributed by atoms with E-state index in [0.717, 1.165) is 12.1 Å². The molecular formula is C16H24N6O3. The van der Waals surface area contributed by atoms with E-state index in [2.05, 4.69) is 20.4 Å². The summed E-state index contributed by atoms with van der Waals surface area (Å²) in [5.41, 5.74) is 1.31. The third-order valence-corrected chi connectivity index (χ3v) is 4.56. The largest absolute Gasteiger partial charge is 0.424 e. The van der Waals surface area contributed by atoms with Crippen molar-refractivity contribution in [1.29, 1.82) is 0 Å². The second kappa shape index (κ2) is 7.32. The zero-order valence-electron chi connectivity index (χ0n) is 14.8. The lowest BCUT2D eigenvalue weighted by Crippen LogP contribution is -2.43. The Labute approximate surface area is 146 Å². The van der Waals surface area contributed by atoms with Gasteiger partial charge in [-0.2, -0.15) is 5.10 Å². The molecule has 2 atom stereocenters. The summed E-state index contributed by atoms with van der Waals surface area (Å²) in [4.78, 5) is 16.3. The first-order valence-electron chi connectivity index (χ1n) is 8.56. The Balaban J connectivity index is 1.67. The fourth-order valence-corrected chi connectivity index (χ4v) is 3.15. The number of carbonyl (C=O) groups excluding carboxylic acids is 1. The number of rotatable bonds is 6. The van der Waals surface area contributed by atoms with Crippen molar-refractivity contribution in [3.63, 3.8) is 0 Å². The van der Waals surface area contributed by atoms with Crippen LogP contribution >= 0.6 is 0 Å². The first-order chi connectivity index (χ1) is 12.0. The van der Waals surface area contributed by atoms with Crippen molar-refractivity contribution < 1.29 is 14.3 Å². The Hall–Kier alpha value is -2.26. The molecule has 9 heteroatoms. The topological polar surface area (TPSA) is 111 Å². The second-order valence-corrected chi connectivity index (χ2v) is 6.25. The van der Waals surface area contributed by atoms with Gasteiger partial charge in [0, 0.05) is 25.7 Å². The van der Waals surface area contributed by atoms with E-state index < -0.39 is 6.10 Å². The van der Waals surface area contributed by atoms with Gasteiger partial charge in [0.1, 0.15) is 5.69 Å². The number of likely N-dealkylation sites (N-methyl/N-ethyl adjacent to an activating group) is 1. The number of aliphatic hydroxyl groups excluding tert-OH is 1. The zero-order valence-corrected chi connectivity index (χ0v) is 14.8. The quantitative estimate of drug-likeness (QED) is 0.776. The highest BCUT2D eigenvalue weighted by Crippen LogP contribution is 2.20. The van der Waals surface area contributed by atoms with Gasteiger partial charge in [0.15, 0.2) is 0 Å². The smallest absolute Gasteiger partial charge is 0.274 e. The van der Waals surface area contributed by atoms with E-state index in [-0.39, 0.29) is 18.5 Å². The number of nitrogens with one attached hydrogen (secondary N) is 1. The third-order valence-electron chi connectivity index (χ3n) is 4.56. The fourth-order valence-electron chi connectivity index (χ4n) is 3.15. The highest BCUT2D eigenvalue weighted by molar-refractivity contribution is 5.92. The molecule has 9 nitrogen and oxygen atoms in total. The summed E-state index contributed by atoms with van der Waals surface area (Å²) in [6, 6.07) is 1.59. The van der Waals surface area contributed by atoms with Crippen molar-refractivity contribution in [2.24, 2.45) is 0 Å². The lowest BCUT2D eigenvalue weighted by atomic mass is 10.2. The van der Waals surface area contributed by atoms with Gasteiger partial charge in [-0.1, -0.05) is 13.8 Å². The Morgan fingerprint density at radius 3 is 2.84 bits per heavy atom. The van der Waals surface area contributed by atoms with E-state index in [1.807, 2.05) is 18.7 Å². The van der Waals surface area contributed by atoms with Gasteiger partial charge >= 0.3 is 0 Å². The Morgan fingerprint density at radius 1 is 1.44 bits per heavy atom. The van der Waals surface area contributed by atoms with Gasteiger partial charge in [0.25, 0.3) is 5.91 Å². The molecule has 3 heterocycles. The minimum atomic E-state index is -0.627. The monoisotopic (exact) mass is 348 g/mol. The molecule has 1 amide bonds. The van der Waals surface area contributed by atoms with E-state index in [1.54, 1.807) is 17.9 Å². The standard InChI is InChI=1S/C16H24N6O3/c1-4-11-6-12(19-18-11)16(24)22-7-13(14(23)8-22)21(5-2)9-15-20-17-10(3)25-15/h6,13-14,23H,4-5,7-9H2,1-3H3,(H,18,19)/t13?,14-/m1/s1. The lowest BCUT2D eigenvalue weighted by molar-refractivity contribution is 0.0741. The molecule has 0 saturated carbocycles. The van der Waals surface area contributed by atoms with Crippen molar-refractivity contribution in [3.8, 4) is 0 Å². The van der Waals surface area contributed by atoms with Crippen LogP contribution in [-0.2, 0) is 13.0 Å². The zero-order chi connectivity index (χ0) is 18.0. The third kappa shape index (κ3) is 3.72. The number of aryl methyl sites for hydroxylation is 2. The Kier molecular flexibility index (Phi) is 5.14. The molecule has 0 aliphatic carbocycles. The molecule has 0 spiro atoms. The van der Waals surface area contributed by atoms with Gasteiger partial charge in [0.2, 0.25) is 11.8 Å². The summed E-state index contributed by atoms with van der Waals surface area (Å²) in [5.74, 6) is 0.860. The van der Waals surface area contributed by atoms with E-state index in [1.165, 1.54) is 0 Å². The predicted molar refractivity (Wildman–Crippen MR) is 88.8 cm³/mol. The molecule has 0 aromatic carbocycles. The summed E-state index contributed by atoms with van der Waals surface area (Å²) in [6.07, 6.45) is 0.163. The molecule has 1 aliphatic rings. The number of H-pyrrole nitrogens is 1. The number of aliphatic hydroxyl groups is 1. The lowest BCUT2D eigenvalue weighted by Gasteiger charge is -2.27. The second-order valence-electron chi connectivity index (χ2n) is 6.25. The van der Waals surface area contributed by atoms with Gasteiger partial charge in [-0.05, 0) is 19.0 Å². The molecule has 0 radical (unpaired) electrons. The van der Waals surface area contributed by atoms with Crippen LogP contribution in [0.25, 0.3) is 0 Å². The van der Waals surface area contributed by atoms with Crippen molar-refractivity contribution >= 4 is 5.91 Å². The predicted octanol–water partition coefficient (Wildman–Crippen LogP) is 0.371. The average molecular weight is 348 g/mol. The molecule has 136 valence electrons. The molecule has 2 N–H and O–H groups in total. The number of carbonyl (C=O) groups is 1. The summed E-state index contributed by atoms with van der Waals surface area (Å²) in [7, 11) is 0. The summed E-state index contributed by atoms with van der Waals surface area (Å²) < 4.78 is 5.43. The van der Waals surface area contributed by atoms with Crippen LogP contribution < -0.4 is 0 Å². The number of nitrogens with zero attached hydrogens (tertiary/aromatic N) is 5. The molecule has 3 rings (SSSR count). The number of hydrogen-bond donors (Lipinski definition) is 2. The number of likely N-dealkylation sites (tertiary alicyclic amines) is 1. The fraction of sp³-hybridized carbons (Fsp3) is 0.625. The van der Waals surface area contributed by atoms with E-state index >= 15 is 0 Å². The Morgan fingerprint density at radius 2 is 2.24 bits per heavy atom. The molecule has 2 aromatic rings. The van der Waals surface area contributed by atoms with Gasteiger partial charge in [0.05, 0.1) is 18.7 Å². The number of aromatic amines is 1. The maximum Gasteiger partial charge on any atom is 0.274 e. The highest BCUT2D eigenvalue weighted by Gasteiger charge is 2.38. The van der Waals surface area contributed by atoms with E-state index in [0.29, 0.717) is 37.1 Å². The first-order valence-corrected chi connectivity index (χ1v) is 8.56. The maximum absolute atomic E-state index is 12.6. The van der Waals surface area contributed by atoms with Crippen LogP contribution in [0.15, 0.2) is 10.5 Å². The first kappa shape index (κ1) is 17.6. The van der Waals surface area contributed by atoms with Gasteiger partial charge in [-0.25, -0.2) is 0 Å². The van der Waals surface area contributed by atoms with Gasteiger partial charge in [-0.3, -0.25) is 14.8 Å². The van der Waals surface area contributed by atoms with Crippen LogP contribution in [0.3, 0.4) is 0 Å². The summed E-state index contributed by atoms with van der Waals surface area (Å²) in [6.45, 7) is 7.62. The van der Waals surface area contributed by atoms with Crippen LogP contribution in [0.2, 0.25) is 0 Å². The number of hydrogen-bond acceptors (Lipinski definition) is 7. The maximum atomic E-state index is 12.6. The molecule has 0 bridgehead atoms. The molecule has 1 unspecified atom stereocenters. The molecule has 25 heavy (non-hydrogen) atoms. The number of aromatic nitrogens is 4. The molecule has 1 aliphatic heterocycles. The minimum Gasteiger partial charge on any atom is -0.424 e. The van der Waals surface area contributed by atoms with Crippen LogP contribution in [0.1, 0.15) is 41.8 Å². The van der Waals surface area contributed by atoms with E-state index in [9.17, 15) is 9.90 Å². The molecular weight excluding hydrogens is 324 g/mol. The summed E-state index contributed by atoms with van der Waals surface area (Å²) in [5, 5.41) is 25.2. The van der Waals surface area contributed by atoms with Crippen LogP contribution in [0.4, 0.5) is 0 Å². The SMILES string of the molecule is CCc1cc(C(=O)N2CC(N(CC)Cc3nnc(C)o3)[C@H](O)C2)n[nH]1. The highest BCUT2D eigenvalue weighted by atomic mass is 16.4. The van der Waals surface area contributed by atoms with Crippen molar-refractivity contribution in [2.45, 2.75) is 45.9 Å². The van der Waals surface area contributed by atoms with Crippen LogP contribution in [-0.4, -0.2) is 73.0 Å². The number of β-amino-alcohol motifs (C(OH)–C–C–N with tert-alkyl or cyclic N) is 1. The molecule has 2 aromatic heterocycles. The minimum absolute atomic E-state index is 0.165. The van der Waals surface area contributed by atoms with Gasteiger partial charge < -0.3 is 14.4 Å². The number of amides is 1. The van der Waals surface area contributed by atoms with E-state index in [4.69, 9.17) is 4.42 Å².